The summed E-state index contributed by atoms with van der Waals surface area (Å²) in [5.74, 6) is 0.0359. The SMILES string of the molecule is COc1ccccc1C(=O)NC(C(=O)NC1CCNC1)C(C)C.Cl. The molecule has 0 aromatic heterocycles. The van der Waals surface area contributed by atoms with Crippen molar-refractivity contribution in [1.82, 2.24) is 16.0 Å². The summed E-state index contributed by atoms with van der Waals surface area (Å²) in [7, 11) is 1.52. The van der Waals surface area contributed by atoms with E-state index >= 15 is 0 Å². The lowest BCUT2D eigenvalue weighted by Gasteiger charge is -2.24. The second-order valence-corrected chi connectivity index (χ2v) is 6.09. The summed E-state index contributed by atoms with van der Waals surface area (Å²) in [5.41, 5.74) is 0.427. The molecule has 3 N–H and O–H groups in total. The molecule has 0 bridgehead atoms. The number of rotatable bonds is 6. The summed E-state index contributed by atoms with van der Waals surface area (Å²) in [5, 5.41) is 9.04. The molecule has 0 saturated carbocycles. The van der Waals surface area contributed by atoms with Crippen molar-refractivity contribution >= 4 is 24.2 Å². The van der Waals surface area contributed by atoms with Crippen molar-refractivity contribution in [2.24, 2.45) is 5.92 Å². The molecule has 1 fully saturated rings. The monoisotopic (exact) mass is 355 g/mol. The van der Waals surface area contributed by atoms with Crippen LogP contribution in [-0.2, 0) is 4.79 Å². The Labute approximate surface area is 149 Å². The highest BCUT2D eigenvalue weighted by molar-refractivity contribution is 5.99. The van der Waals surface area contributed by atoms with Crippen LogP contribution < -0.4 is 20.7 Å². The Morgan fingerprint density at radius 1 is 1.29 bits per heavy atom. The number of amides is 2. The van der Waals surface area contributed by atoms with Crippen molar-refractivity contribution in [2.75, 3.05) is 20.2 Å². The van der Waals surface area contributed by atoms with Crippen molar-refractivity contribution < 1.29 is 14.3 Å². The minimum absolute atomic E-state index is 0. The highest BCUT2D eigenvalue weighted by Crippen LogP contribution is 2.17. The van der Waals surface area contributed by atoms with Gasteiger partial charge in [0.15, 0.2) is 0 Å². The summed E-state index contributed by atoms with van der Waals surface area (Å²) < 4.78 is 5.21. The van der Waals surface area contributed by atoms with E-state index in [1.54, 1.807) is 24.3 Å². The van der Waals surface area contributed by atoms with E-state index in [0.29, 0.717) is 11.3 Å². The fraction of sp³-hybridized carbons (Fsp3) is 0.529. The number of carbonyl (C=O) groups is 2. The second-order valence-electron chi connectivity index (χ2n) is 6.09. The first kappa shape index (κ1) is 20.3. The number of ether oxygens (including phenoxy) is 1. The van der Waals surface area contributed by atoms with Crippen LogP contribution in [0.1, 0.15) is 30.6 Å². The molecule has 2 rings (SSSR count). The van der Waals surface area contributed by atoms with Crippen LogP contribution in [0.25, 0.3) is 0 Å². The van der Waals surface area contributed by atoms with Crippen LogP contribution in [0.4, 0.5) is 0 Å². The molecule has 1 saturated heterocycles. The Bertz CT molecular complexity index is 560. The number of nitrogens with one attached hydrogen (secondary N) is 3. The van der Waals surface area contributed by atoms with Gasteiger partial charge in [0, 0.05) is 12.6 Å². The van der Waals surface area contributed by atoms with Gasteiger partial charge in [-0.15, -0.1) is 12.4 Å². The Kier molecular flexibility index (Phi) is 8.01. The van der Waals surface area contributed by atoms with E-state index in [1.165, 1.54) is 7.11 Å². The molecule has 0 spiro atoms. The Hall–Kier alpha value is -1.79. The van der Waals surface area contributed by atoms with Crippen LogP contribution in [-0.4, -0.2) is 44.1 Å². The van der Waals surface area contributed by atoms with E-state index in [9.17, 15) is 9.59 Å². The normalized spacial score (nSPS) is 17.8. The zero-order chi connectivity index (χ0) is 16.8. The zero-order valence-corrected chi connectivity index (χ0v) is 15.1. The van der Waals surface area contributed by atoms with Gasteiger partial charge in [0.1, 0.15) is 11.8 Å². The van der Waals surface area contributed by atoms with Crippen LogP contribution in [0.15, 0.2) is 24.3 Å². The van der Waals surface area contributed by atoms with Crippen LogP contribution in [0.2, 0.25) is 0 Å². The summed E-state index contributed by atoms with van der Waals surface area (Å²) >= 11 is 0. The Morgan fingerprint density at radius 3 is 2.58 bits per heavy atom. The molecule has 7 heteroatoms. The maximum Gasteiger partial charge on any atom is 0.255 e. The van der Waals surface area contributed by atoms with Gasteiger partial charge in [0.25, 0.3) is 5.91 Å². The molecule has 2 amide bonds. The summed E-state index contributed by atoms with van der Waals surface area (Å²) in [6.07, 6.45) is 0.914. The maximum absolute atomic E-state index is 12.5. The largest absolute Gasteiger partial charge is 0.496 e. The van der Waals surface area contributed by atoms with E-state index in [4.69, 9.17) is 4.74 Å². The number of halogens is 1. The molecule has 1 heterocycles. The number of carbonyl (C=O) groups excluding carboxylic acids is 2. The molecule has 0 aliphatic carbocycles. The van der Waals surface area contributed by atoms with Crippen LogP contribution in [0, 0.1) is 5.92 Å². The van der Waals surface area contributed by atoms with E-state index in [-0.39, 0.29) is 36.2 Å². The molecule has 6 nitrogen and oxygen atoms in total. The van der Waals surface area contributed by atoms with Crippen LogP contribution in [0.3, 0.4) is 0 Å². The number of hydrogen-bond acceptors (Lipinski definition) is 4. The lowest BCUT2D eigenvalue weighted by molar-refractivity contribution is -0.124. The third kappa shape index (κ3) is 5.11. The third-order valence-electron chi connectivity index (χ3n) is 3.99. The molecular formula is C17H26ClN3O3. The molecular weight excluding hydrogens is 330 g/mol. The van der Waals surface area contributed by atoms with Crippen molar-refractivity contribution in [3.63, 3.8) is 0 Å². The van der Waals surface area contributed by atoms with Gasteiger partial charge < -0.3 is 20.7 Å². The fourth-order valence-corrected chi connectivity index (χ4v) is 2.65. The fourth-order valence-electron chi connectivity index (χ4n) is 2.65. The van der Waals surface area contributed by atoms with Gasteiger partial charge in [-0.25, -0.2) is 0 Å². The highest BCUT2D eigenvalue weighted by Gasteiger charge is 2.28. The minimum Gasteiger partial charge on any atom is -0.496 e. The molecule has 24 heavy (non-hydrogen) atoms. The highest BCUT2D eigenvalue weighted by atomic mass is 35.5. The lowest BCUT2D eigenvalue weighted by atomic mass is 10.0. The van der Waals surface area contributed by atoms with Gasteiger partial charge in [-0.05, 0) is 31.0 Å². The van der Waals surface area contributed by atoms with Crippen molar-refractivity contribution in [3.8, 4) is 5.75 Å². The second kappa shape index (κ2) is 9.49. The van der Waals surface area contributed by atoms with Gasteiger partial charge in [0.05, 0.1) is 12.7 Å². The predicted octanol–water partition coefficient (Wildman–Crippen LogP) is 1.35. The smallest absolute Gasteiger partial charge is 0.255 e. The molecule has 1 aliphatic heterocycles. The Morgan fingerprint density at radius 2 is 2.00 bits per heavy atom. The van der Waals surface area contributed by atoms with Crippen molar-refractivity contribution in [2.45, 2.75) is 32.4 Å². The van der Waals surface area contributed by atoms with E-state index < -0.39 is 6.04 Å². The topological polar surface area (TPSA) is 79.5 Å². The molecule has 2 unspecified atom stereocenters. The van der Waals surface area contributed by atoms with Crippen LogP contribution in [0.5, 0.6) is 5.75 Å². The predicted molar refractivity (Wildman–Crippen MR) is 95.8 cm³/mol. The number of para-hydroxylation sites is 1. The number of hydrogen-bond donors (Lipinski definition) is 3. The summed E-state index contributed by atoms with van der Waals surface area (Å²) in [4.78, 5) is 25.0. The van der Waals surface area contributed by atoms with E-state index in [1.807, 2.05) is 13.8 Å². The van der Waals surface area contributed by atoms with E-state index in [0.717, 1.165) is 19.5 Å². The number of benzene rings is 1. The molecule has 134 valence electrons. The number of methoxy groups -OCH3 is 1. The lowest BCUT2D eigenvalue weighted by Crippen LogP contribution is -2.52. The first-order valence-corrected chi connectivity index (χ1v) is 7.98. The molecule has 1 aromatic carbocycles. The van der Waals surface area contributed by atoms with Crippen molar-refractivity contribution in [1.29, 1.82) is 0 Å². The molecule has 2 atom stereocenters. The molecule has 1 aliphatic rings. The first-order chi connectivity index (χ1) is 11.0. The Balaban J connectivity index is 0.00000288. The van der Waals surface area contributed by atoms with Gasteiger partial charge in [-0.2, -0.15) is 0 Å². The minimum atomic E-state index is -0.576. The molecule has 1 aromatic rings. The average molecular weight is 356 g/mol. The van der Waals surface area contributed by atoms with Gasteiger partial charge >= 0.3 is 0 Å². The van der Waals surface area contributed by atoms with Gasteiger partial charge in [-0.1, -0.05) is 26.0 Å². The summed E-state index contributed by atoms with van der Waals surface area (Å²) in [6.45, 7) is 5.52. The van der Waals surface area contributed by atoms with E-state index in [2.05, 4.69) is 16.0 Å². The maximum atomic E-state index is 12.5. The average Bonchev–Trinajstić information content (AvgIpc) is 3.04. The van der Waals surface area contributed by atoms with Crippen molar-refractivity contribution in [3.05, 3.63) is 29.8 Å². The zero-order valence-electron chi connectivity index (χ0n) is 14.3. The first-order valence-electron chi connectivity index (χ1n) is 7.98. The quantitative estimate of drug-likeness (QED) is 0.719. The van der Waals surface area contributed by atoms with Gasteiger partial charge in [0.2, 0.25) is 5.91 Å². The molecule has 0 radical (unpaired) electrons. The van der Waals surface area contributed by atoms with Gasteiger partial charge in [-0.3, -0.25) is 9.59 Å². The standard InChI is InChI=1S/C17H25N3O3.ClH/c1-11(2)15(17(22)19-12-8-9-18-10-12)20-16(21)13-6-4-5-7-14(13)23-3;/h4-7,11-12,15,18H,8-10H2,1-3H3,(H,19,22)(H,20,21);1H. The van der Waals surface area contributed by atoms with Crippen LogP contribution >= 0.6 is 12.4 Å². The summed E-state index contributed by atoms with van der Waals surface area (Å²) in [6, 6.07) is 6.54. The third-order valence-corrected chi connectivity index (χ3v) is 3.99.